The van der Waals surface area contributed by atoms with E-state index in [9.17, 15) is 14.4 Å². The van der Waals surface area contributed by atoms with Gasteiger partial charge in [0, 0.05) is 30.9 Å². The lowest BCUT2D eigenvalue weighted by Gasteiger charge is -2.26. The molecule has 2 rings (SSSR count). The number of hydrogen-bond acceptors (Lipinski definition) is 10. The van der Waals surface area contributed by atoms with Crippen LogP contribution in [0, 0.1) is 23.7 Å². The summed E-state index contributed by atoms with van der Waals surface area (Å²) in [6.07, 6.45) is 11.0. The maximum absolute atomic E-state index is 13.2. The highest BCUT2D eigenvalue weighted by atomic mass is 16.5. The maximum atomic E-state index is 13.2. The van der Waals surface area contributed by atoms with Gasteiger partial charge in [-0.05, 0) is 50.4 Å². The summed E-state index contributed by atoms with van der Waals surface area (Å²) in [5, 5.41) is 0. The molecule has 10 heteroatoms. The van der Waals surface area contributed by atoms with Crippen LogP contribution in [0.5, 0.6) is 0 Å². The van der Waals surface area contributed by atoms with E-state index in [-0.39, 0.29) is 41.7 Å². The Labute approximate surface area is 242 Å². The van der Waals surface area contributed by atoms with Crippen LogP contribution in [-0.2, 0) is 41.4 Å². The van der Waals surface area contributed by atoms with Crippen LogP contribution >= 0.6 is 0 Å². The molecule has 2 aromatic rings. The molecule has 0 radical (unpaired) electrons. The van der Waals surface area contributed by atoms with Crippen LogP contribution in [0.15, 0.2) is 57.3 Å². The Bertz CT molecular complexity index is 1150. The second-order valence-corrected chi connectivity index (χ2v) is 11.0. The molecular formula is C31H44N2O8. The molecule has 10 nitrogen and oxygen atoms in total. The molecule has 0 aliphatic rings. The Hall–Kier alpha value is -3.69. The number of methoxy groups -OCH3 is 1. The highest BCUT2D eigenvalue weighted by Gasteiger charge is 2.27. The molecule has 0 spiro atoms. The number of hydrogen-bond donors (Lipinski definition) is 0. The summed E-state index contributed by atoms with van der Waals surface area (Å²) in [4.78, 5) is 44.6. The number of nitrogens with zero attached hydrogens (tertiary/aromatic N) is 2. The summed E-state index contributed by atoms with van der Waals surface area (Å²) in [6, 6.07) is 0. The number of allylic oxidation sites excluding steroid dienone is 2. The fourth-order valence-corrected chi connectivity index (χ4v) is 5.01. The molecule has 0 fully saturated rings. The molecule has 0 aromatic carbocycles. The van der Waals surface area contributed by atoms with Crippen LogP contribution in [0.4, 0.5) is 0 Å². The van der Waals surface area contributed by atoms with Gasteiger partial charge in [-0.2, -0.15) is 0 Å². The lowest BCUT2D eigenvalue weighted by molar-refractivity contribution is -0.149. The molecule has 6 unspecified atom stereocenters. The summed E-state index contributed by atoms with van der Waals surface area (Å²) < 4.78 is 27.1. The minimum atomic E-state index is -0.461. The summed E-state index contributed by atoms with van der Waals surface area (Å²) in [7, 11) is 1.36. The van der Waals surface area contributed by atoms with E-state index in [1.54, 1.807) is 26.2 Å². The van der Waals surface area contributed by atoms with Crippen molar-refractivity contribution in [1.82, 2.24) is 9.97 Å². The van der Waals surface area contributed by atoms with Crippen molar-refractivity contribution in [3.05, 3.63) is 60.0 Å². The number of oxazole rings is 2. The molecule has 2 aromatic heterocycles. The van der Waals surface area contributed by atoms with Gasteiger partial charge in [0.15, 0.2) is 12.8 Å². The lowest BCUT2D eigenvalue weighted by atomic mass is 9.89. The average Bonchev–Trinajstić information content (AvgIpc) is 3.61. The van der Waals surface area contributed by atoms with Crippen molar-refractivity contribution in [3.63, 3.8) is 0 Å². The first-order chi connectivity index (χ1) is 19.4. The largest absolute Gasteiger partial charge is 0.466 e. The van der Waals surface area contributed by atoms with Crippen molar-refractivity contribution in [2.24, 2.45) is 23.7 Å². The first-order valence-corrected chi connectivity index (χ1v) is 14.0. The van der Waals surface area contributed by atoms with Crippen LogP contribution in [-0.4, -0.2) is 47.2 Å². The minimum absolute atomic E-state index is 0.00119. The molecule has 41 heavy (non-hydrogen) atoms. The third-order valence-electron chi connectivity index (χ3n) is 7.00. The van der Waals surface area contributed by atoms with E-state index in [4.69, 9.17) is 23.0 Å². The quantitative estimate of drug-likeness (QED) is 0.141. The minimum Gasteiger partial charge on any atom is -0.466 e. The fraction of sp³-hybridized carbons (Fsp3) is 0.581. The third kappa shape index (κ3) is 11.8. The van der Waals surface area contributed by atoms with Crippen molar-refractivity contribution in [3.8, 4) is 0 Å². The first kappa shape index (κ1) is 33.5. The van der Waals surface area contributed by atoms with E-state index in [1.165, 1.54) is 26.8 Å². The molecule has 0 aliphatic carbocycles. The van der Waals surface area contributed by atoms with Gasteiger partial charge in [0.05, 0.1) is 19.5 Å². The van der Waals surface area contributed by atoms with E-state index in [0.29, 0.717) is 48.3 Å². The number of carbonyl (C=O) groups is 3. The second kappa shape index (κ2) is 16.5. The van der Waals surface area contributed by atoms with E-state index in [0.717, 1.165) is 0 Å². The first-order valence-electron chi connectivity index (χ1n) is 14.0. The average molecular weight is 573 g/mol. The fourth-order valence-electron chi connectivity index (χ4n) is 5.01. The molecule has 0 bridgehead atoms. The van der Waals surface area contributed by atoms with Gasteiger partial charge in [-0.1, -0.05) is 39.8 Å². The molecule has 0 saturated carbocycles. The number of aromatic nitrogens is 2. The zero-order valence-corrected chi connectivity index (χ0v) is 25.4. The van der Waals surface area contributed by atoms with Gasteiger partial charge < -0.3 is 23.0 Å². The standard InChI is InChI=1S/C31H44N2O8/c1-19(11-23(5)30(35)37-8)10-22(4)29(14-27-16-33-18-39-27)41-31(36)24(6)12-20(2)9-21(3)28(40-25(7)34)13-26-15-32-17-38-26/h11-12,15-22,28-29H,9-10,13-14H2,1-8H3/b23-11+,24-12+. The van der Waals surface area contributed by atoms with Gasteiger partial charge >= 0.3 is 17.9 Å². The molecule has 6 atom stereocenters. The smallest absolute Gasteiger partial charge is 0.333 e. The number of ether oxygens (including phenoxy) is 3. The molecular weight excluding hydrogens is 528 g/mol. The summed E-state index contributed by atoms with van der Waals surface area (Å²) in [5.41, 5.74) is 1.03. The molecule has 2 heterocycles. The van der Waals surface area contributed by atoms with Gasteiger partial charge in [0.1, 0.15) is 23.7 Å². The van der Waals surface area contributed by atoms with Gasteiger partial charge in [0.25, 0.3) is 0 Å². The van der Waals surface area contributed by atoms with Gasteiger partial charge in [-0.3, -0.25) is 4.79 Å². The topological polar surface area (TPSA) is 131 Å². The molecule has 0 amide bonds. The van der Waals surface area contributed by atoms with Gasteiger partial charge in [-0.15, -0.1) is 0 Å². The van der Waals surface area contributed by atoms with Crippen molar-refractivity contribution in [2.45, 2.75) is 86.4 Å². The van der Waals surface area contributed by atoms with Crippen LogP contribution in [0.25, 0.3) is 0 Å². The monoisotopic (exact) mass is 572 g/mol. The molecule has 0 saturated heterocycles. The van der Waals surface area contributed by atoms with Crippen LogP contribution < -0.4 is 0 Å². The SMILES string of the molecule is COC(=O)/C(C)=C/C(C)CC(C)C(Cc1cnco1)OC(=O)/C(C)=C/C(C)CC(C)C(Cc1cnco1)OC(C)=O. The molecule has 226 valence electrons. The van der Waals surface area contributed by atoms with Crippen molar-refractivity contribution < 1.29 is 37.4 Å². The summed E-state index contributed by atoms with van der Waals surface area (Å²) in [5.74, 6) is 0.166. The normalized spacial score (nSPS) is 16.7. The Morgan fingerprint density at radius 3 is 1.59 bits per heavy atom. The molecule has 0 aliphatic heterocycles. The van der Waals surface area contributed by atoms with Crippen molar-refractivity contribution in [2.75, 3.05) is 7.11 Å². The highest BCUT2D eigenvalue weighted by molar-refractivity contribution is 5.88. The van der Waals surface area contributed by atoms with Crippen LogP contribution in [0.3, 0.4) is 0 Å². The van der Waals surface area contributed by atoms with E-state index in [1.807, 2.05) is 39.8 Å². The van der Waals surface area contributed by atoms with E-state index in [2.05, 4.69) is 9.97 Å². The highest BCUT2D eigenvalue weighted by Crippen LogP contribution is 2.26. The number of esters is 3. The lowest BCUT2D eigenvalue weighted by Crippen LogP contribution is -2.29. The number of carbonyl (C=O) groups excluding carboxylic acids is 3. The predicted octanol–water partition coefficient (Wildman–Crippen LogP) is 5.68. The zero-order chi connectivity index (χ0) is 30.5. The zero-order valence-electron chi connectivity index (χ0n) is 25.4. The van der Waals surface area contributed by atoms with Gasteiger partial charge in [0.2, 0.25) is 0 Å². The van der Waals surface area contributed by atoms with E-state index >= 15 is 0 Å². The predicted molar refractivity (Wildman–Crippen MR) is 151 cm³/mol. The summed E-state index contributed by atoms with van der Waals surface area (Å²) >= 11 is 0. The Balaban J connectivity index is 2.07. The molecule has 0 N–H and O–H groups in total. The maximum Gasteiger partial charge on any atom is 0.333 e. The number of rotatable bonds is 16. The van der Waals surface area contributed by atoms with Crippen molar-refractivity contribution >= 4 is 17.9 Å². The Morgan fingerprint density at radius 1 is 0.756 bits per heavy atom. The third-order valence-corrected chi connectivity index (χ3v) is 7.00. The van der Waals surface area contributed by atoms with Crippen molar-refractivity contribution in [1.29, 1.82) is 0 Å². The van der Waals surface area contributed by atoms with Gasteiger partial charge in [-0.25, -0.2) is 19.6 Å². The van der Waals surface area contributed by atoms with E-state index < -0.39 is 12.1 Å². The second-order valence-electron chi connectivity index (χ2n) is 11.0. The summed E-state index contributed by atoms with van der Waals surface area (Å²) in [6.45, 7) is 12.9. The Morgan fingerprint density at radius 2 is 1.20 bits per heavy atom. The van der Waals surface area contributed by atoms with Crippen LogP contribution in [0.1, 0.15) is 72.8 Å². The Kier molecular flexibility index (Phi) is 13.5. The van der Waals surface area contributed by atoms with Crippen LogP contribution in [0.2, 0.25) is 0 Å².